The Bertz CT molecular complexity index is 900. The standard InChI is InChI=1S/C18H22N2O5S3/c1-26-10-6-15(18(21)19-12-13-3-2-9-27-13)20-28(22,23)14-4-5-16-17(11-14)25-8-7-24-16/h2-5,9,11,15,20H,6-8,10,12H2,1H3,(H,19,21). The van der Waals surface area contributed by atoms with Crippen molar-refractivity contribution in [1.82, 2.24) is 10.0 Å². The third-order valence-corrected chi connectivity index (χ3v) is 7.06. The SMILES string of the molecule is CSCCC(NS(=O)(=O)c1ccc2c(c1)OCCO2)C(=O)NCc1cccs1. The molecule has 10 heteroatoms. The smallest absolute Gasteiger partial charge is 0.241 e. The van der Waals surface area contributed by atoms with Crippen molar-refractivity contribution in [2.45, 2.75) is 23.9 Å². The third-order valence-electron chi connectivity index (χ3n) is 4.07. The maximum atomic E-state index is 12.8. The number of ether oxygens (including phenoxy) is 2. The molecular formula is C18H22N2O5S3. The third kappa shape index (κ3) is 5.40. The highest BCUT2D eigenvalue weighted by Gasteiger charge is 2.26. The Kier molecular flexibility index (Phi) is 7.22. The number of fused-ring (bicyclic) bond motifs is 1. The summed E-state index contributed by atoms with van der Waals surface area (Å²) in [5.74, 6) is 1.21. The van der Waals surface area contributed by atoms with Gasteiger partial charge in [-0.25, -0.2) is 8.42 Å². The van der Waals surface area contributed by atoms with Crippen LogP contribution in [0, 0.1) is 0 Å². The van der Waals surface area contributed by atoms with Crippen molar-refractivity contribution in [3.63, 3.8) is 0 Å². The van der Waals surface area contributed by atoms with Crippen LogP contribution in [0.4, 0.5) is 0 Å². The van der Waals surface area contributed by atoms with E-state index in [9.17, 15) is 13.2 Å². The van der Waals surface area contributed by atoms with E-state index in [-0.39, 0.29) is 10.8 Å². The molecule has 1 atom stereocenters. The molecule has 7 nitrogen and oxygen atoms in total. The second-order valence-electron chi connectivity index (χ2n) is 6.06. The number of hydrogen-bond acceptors (Lipinski definition) is 7. The van der Waals surface area contributed by atoms with E-state index >= 15 is 0 Å². The first-order valence-corrected chi connectivity index (χ1v) is 12.5. The molecule has 0 fully saturated rings. The van der Waals surface area contributed by atoms with Gasteiger partial charge in [-0.05, 0) is 42.0 Å². The predicted molar refractivity (Wildman–Crippen MR) is 111 cm³/mol. The van der Waals surface area contributed by atoms with Crippen molar-refractivity contribution in [3.8, 4) is 11.5 Å². The van der Waals surface area contributed by atoms with Gasteiger partial charge in [0.05, 0.1) is 11.4 Å². The number of benzene rings is 1. The molecule has 0 saturated carbocycles. The van der Waals surface area contributed by atoms with Crippen LogP contribution in [0.15, 0.2) is 40.6 Å². The van der Waals surface area contributed by atoms with Crippen LogP contribution in [0.1, 0.15) is 11.3 Å². The molecule has 0 saturated heterocycles. The molecule has 1 aromatic heterocycles. The molecular weight excluding hydrogens is 420 g/mol. The van der Waals surface area contributed by atoms with E-state index < -0.39 is 16.1 Å². The second-order valence-corrected chi connectivity index (χ2v) is 9.79. The summed E-state index contributed by atoms with van der Waals surface area (Å²) in [7, 11) is -3.89. The van der Waals surface area contributed by atoms with Crippen LogP contribution in [0.5, 0.6) is 11.5 Å². The largest absolute Gasteiger partial charge is 0.486 e. The quantitative estimate of drug-likeness (QED) is 0.619. The van der Waals surface area contributed by atoms with E-state index in [1.807, 2.05) is 23.8 Å². The molecule has 152 valence electrons. The zero-order valence-electron chi connectivity index (χ0n) is 15.3. The Balaban J connectivity index is 1.72. The van der Waals surface area contributed by atoms with Gasteiger partial charge in [0, 0.05) is 10.9 Å². The number of rotatable bonds is 9. The average Bonchev–Trinajstić information content (AvgIpc) is 3.22. The van der Waals surface area contributed by atoms with Gasteiger partial charge in [-0.15, -0.1) is 11.3 Å². The van der Waals surface area contributed by atoms with Gasteiger partial charge in [0.2, 0.25) is 15.9 Å². The van der Waals surface area contributed by atoms with Crippen molar-refractivity contribution in [1.29, 1.82) is 0 Å². The lowest BCUT2D eigenvalue weighted by Gasteiger charge is -2.21. The van der Waals surface area contributed by atoms with E-state index in [1.54, 1.807) is 17.8 Å². The van der Waals surface area contributed by atoms with Crippen LogP contribution in [0.25, 0.3) is 0 Å². The maximum Gasteiger partial charge on any atom is 0.241 e. The number of thiophene rings is 1. The molecule has 3 rings (SSSR count). The average molecular weight is 443 g/mol. The number of amides is 1. The molecule has 0 aliphatic carbocycles. The topological polar surface area (TPSA) is 93.7 Å². The van der Waals surface area contributed by atoms with Crippen LogP contribution in [-0.2, 0) is 21.4 Å². The van der Waals surface area contributed by atoms with Gasteiger partial charge in [-0.3, -0.25) is 4.79 Å². The highest BCUT2D eigenvalue weighted by molar-refractivity contribution is 7.98. The van der Waals surface area contributed by atoms with Gasteiger partial charge in [-0.2, -0.15) is 16.5 Å². The van der Waals surface area contributed by atoms with Crippen molar-refractivity contribution >= 4 is 39.0 Å². The van der Waals surface area contributed by atoms with Gasteiger partial charge >= 0.3 is 0 Å². The summed E-state index contributed by atoms with van der Waals surface area (Å²) < 4.78 is 39.1. The molecule has 1 amide bonds. The lowest BCUT2D eigenvalue weighted by atomic mass is 10.2. The fourth-order valence-corrected chi connectivity index (χ4v) is 5.00. The molecule has 0 bridgehead atoms. The first kappa shape index (κ1) is 21.0. The van der Waals surface area contributed by atoms with Crippen LogP contribution >= 0.6 is 23.1 Å². The first-order valence-electron chi connectivity index (χ1n) is 8.70. The molecule has 1 aliphatic rings. The molecule has 1 aromatic carbocycles. The van der Waals surface area contributed by atoms with Crippen LogP contribution in [-0.4, -0.2) is 45.6 Å². The number of carbonyl (C=O) groups is 1. The Morgan fingerprint density at radius 2 is 2.04 bits per heavy atom. The fourth-order valence-electron chi connectivity index (χ4n) is 2.64. The van der Waals surface area contributed by atoms with E-state index in [2.05, 4.69) is 10.0 Å². The van der Waals surface area contributed by atoms with Gasteiger partial charge in [0.15, 0.2) is 11.5 Å². The summed E-state index contributed by atoms with van der Waals surface area (Å²) in [5, 5.41) is 4.74. The van der Waals surface area contributed by atoms with E-state index in [0.29, 0.717) is 43.4 Å². The summed E-state index contributed by atoms with van der Waals surface area (Å²) in [6.07, 6.45) is 2.30. The zero-order chi connectivity index (χ0) is 20.0. The maximum absolute atomic E-state index is 12.8. The van der Waals surface area contributed by atoms with Gasteiger partial charge < -0.3 is 14.8 Å². The summed E-state index contributed by atoms with van der Waals surface area (Å²) in [6, 6.07) is 7.41. The van der Waals surface area contributed by atoms with Crippen molar-refractivity contribution in [2.24, 2.45) is 0 Å². The highest BCUT2D eigenvalue weighted by atomic mass is 32.2. The zero-order valence-corrected chi connectivity index (χ0v) is 17.8. The molecule has 28 heavy (non-hydrogen) atoms. The van der Waals surface area contributed by atoms with Crippen LogP contribution in [0.2, 0.25) is 0 Å². The lowest BCUT2D eigenvalue weighted by molar-refractivity contribution is -0.122. The number of sulfonamides is 1. The molecule has 2 heterocycles. The Morgan fingerprint density at radius 1 is 1.25 bits per heavy atom. The van der Waals surface area contributed by atoms with Crippen molar-refractivity contribution in [3.05, 3.63) is 40.6 Å². The summed E-state index contributed by atoms with van der Waals surface area (Å²) in [6.45, 7) is 1.17. The van der Waals surface area contributed by atoms with Gasteiger partial charge in [0.1, 0.15) is 19.3 Å². The number of nitrogens with one attached hydrogen (secondary N) is 2. The van der Waals surface area contributed by atoms with Gasteiger partial charge in [0.25, 0.3) is 0 Å². The van der Waals surface area contributed by atoms with Gasteiger partial charge in [-0.1, -0.05) is 6.07 Å². The number of carbonyl (C=O) groups excluding carboxylic acids is 1. The lowest BCUT2D eigenvalue weighted by Crippen LogP contribution is -2.46. The summed E-state index contributed by atoms with van der Waals surface area (Å²) >= 11 is 3.09. The Morgan fingerprint density at radius 3 is 2.75 bits per heavy atom. The van der Waals surface area contributed by atoms with E-state index in [4.69, 9.17) is 9.47 Å². The van der Waals surface area contributed by atoms with Crippen molar-refractivity contribution in [2.75, 3.05) is 25.2 Å². The second kappa shape index (κ2) is 9.64. The molecule has 0 radical (unpaired) electrons. The highest BCUT2D eigenvalue weighted by Crippen LogP contribution is 2.32. The minimum Gasteiger partial charge on any atom is -0.486 e. The van der Waals surface area contributed by atoms with Crippen molar-refractivity contribution < 1.29 is 22.7 Å². The molecule has 1 aliphatic heterocycles. The predicted octanol–water partition coefficient (Wildman–Crippen LogP) is 2.24. The minimum absolute atomic E-state index is 0.0389. The number of hydrogen-bond donors (Lipinski definition) is 2. The normalized spacial score (nSPS) is 14.5. The van der Waals surface area contributed by atoms with Crippen LogP contribution in [0.3, 0.4) is 0 Å². The molecule has 2 aromatic rings. The Hall–Kier alpha value is -1.75. The summed E-state index contributed by atoms with van der Waals surface area (Å²) in [5.41, 5.74) is 0. The van der Waals surface area contributed by atoms with E-state index in [0.717, 1.165) is 4.88 Å². The van der Waals surface area contributed by atoms with E-state index in [1.165, 1.54) is 23.5 Å². The summed E-state index contributed by atoms with van der Waals surface area (Å²) in [4.78, 5) is 13.6. The number of thioether (sulfide) groups is 1. The Labute approximate surface area is 172 Å². The van der Waals surface area contributed by atoms with Crippen LogP contribution < -0.4 is 19.5 Å². The first-order chi connectivity index (χ1) is 13.5. The molecule has 2 N–H and O–H groups in total. The monoisotopic (exact) mass is 442 g/mol. The minimum atomic E-state index is -3.89. The fraction of sp³-hybridized carbons (Fsp3) is 0.389. The molecule has 1 unspecified atom stereocenters. The molecule has 0 spiro atoms.